The maximum atomic E-state index is 11.5. The van der Waals surface area contributed by atoms with Crippen molar-refractivity contribution < 1.29 is 4.79 Å². The van der Waals surface area contributed by atoms with Crippen LogP contribution in [0.5, 0.6) is 0 Å². The lowest BCUT2D eigenvalue weighted by Gasteiger charge is -2.19. The number of hydrogen-bond acceptors (Lipinski definition) is 2. The monoisotopic (exact) mass is 200 g/mol. The minimum atomic E-state index is 0.260. The van der Waals surface area contributed by atoms with Crippen LogP contribution in [0.1, 0.15) is 39.5 Å². The van der Waals surface area contributed by atoms with E-state index in [-0.39, 0.29) is 5.91 Å². The third kappa shape index (κ3) is 6.89. The van der Waals surface area contributed by atoms with Gasteiger partial charge in [0.1, 0.15) is 0 Å². The van der Waals surface area contributed by atoms with Crippen LogP contribution >= 0.6 is 0 Å². The van der Waals surface area contributed by atoms with E-state index in [1.165, 1.54) is 0 Å². The average molecular weight is 200 g/mol. The zero-order valence-electron chi connectivity index (χ0n) is 9.75. The molecule has 0 rings (SSSR count). The van der Waals surface area contributed by atoms with Crippen molar-refractivity contribution in [2.45, 2.75) is 39.5 Å². The Morgan fingerprint density at radius 2 is 1.93 bits per heavy atom. The fourth-order valence-corrected chi connectivity index (χ4v) is 1.44. The molecule has 84 valence electrons. The van der Waals surface area contributed by atoms with E-state index in [2.05, 4.69) is 13.8 Å². The van der Waals surface area contributed by atoms with Gasteiger partial charge in [-0.2, -0.15) is 0 Å². The molecule has 0 aliphatic carbocycles. The SMILES string of the molecule is CC(C)CN(C)C(=O)CCCCCN. The zero-order chi connectivity index (χ0) is 11.0. The number of amides is 1. The molecule has 0 aromatic carbocycles. The minimum Gasteiger partial charge on any atom is -0.346 e. The molecule has 14 heavy (non-hydrogen) atoms. The Hall–Kier alpha value is -0.570. The summed E-state index contributed by atoms with van der Waals surface area (Å²) in [7, 11) is 1.88. The highest BCUT2D eigenvalue weighted by Crippen LogP contribution is 2.03. The zero-order valence-corrected chi connectivity index (χ0v) is 9.75. The van der Waals surface area contributed by atoms with Crippen LogP contribution in [0.25, 0.3) is 0 Å². The second-order valence-electron chi connectivity index (χ2n) is 4.27. The van der Waals surface area contributed by atoms with Crippen molar-refractivity contribution in [2.75, 3.05) is 20.1 Å². The highest BCUT2D eigenvalue weighted by Gasteiger charge is 2.08. The molecule has 0 radical (unpaired) electrons. The van der Waals surface area contributed by atoms with E-state index < -0.39 is 0 Å². The van der Waals surface area contributed by atoms with Gasteiger partial charge in [-0.1, -0.05) is 20.3 Å². The topological polar surface area (TPSA) is 46.3 Å². The summed E-state index contributed by atoms with van der Waals surface area (Å²) in [5.74, 6) is 0.809. The molecular formula is C11H24N2O. The molecule has 0 fully saturated rings. The molecular weight excluding hydrogens is 176 g/mol. The molecule has 0 heterocycles. The average Bonchev–Trinajstić information content (AvgIpc) is 2.11. The van der Waals surface area contributed by atoms with Gasteiger partial charge in [0.25, 0.3) is 0 Å². The lowest BCUT2D eigenvalue weighted by Crippen LogP contribution is -2.29. The predicted octanol–water partition coefficient (Wildman–Crippen LogP) is 1.62. The van der Waals surface area contributed by atoms with E-state index in [1.807, 2.05) is 11.9 Å². The molecule has 2 N–H and O–H groups in total. The van der Waals surface area contributed by atoms with Gasteiger partial charge in [0.2, 0.25) is 5.91 Å². The Morgan fingerprint density at radius 1 is 1.29 bits per heavy atom. The number of carbonyl (C=O) groups excluding carboxylic acids is 1. The number of nitrogens with zero attached hydrogens (tertiary/aromatic N) is 1. The van der Waals surface area contributed by atoms with Gasteiger partial charge in [0.05, 0.1) is 0 Å². The second-order valence-corrected chi connectivity index (χ2v) is 4.27. The second kappa shape index (κ2) is 7.80. The predicted molar refractivity (Wildman–Crippen MR) is 60.0 cm³/mol. The number of unbranched alkanes of at least 4 members (excludes halogenated alkanes) is 2. The summed E-state index contributed by atoms with van der Waals surface area (Å²) < 4.78 is 0. The molecule has 3 nitrogen and oxygen atoms in total. The van der Waals surface area contributed by atoms with Gasteiger partial charge in [-0.3, -0.25) is 4.79 Å². The molecule has 0 unspecified atom stereocenters. The summed E-state index contributed by atoms with van der Waals surface area (Å²) in [6.07, 6.45) is 3.74. The van der Waals surface area contributed by atoms with Gasteiger partial charge in [-0.05, 0) is 25.3 Å². The smallest absolute Gasteiger partial charge is 0.222 e. The summed E-state index contributed by atoms with van der Waals surface area (Å²) in [5, 5.41) is 0. The Labute approximate surface area is 87.6 Å². The third-order valence-corrected chi connectivity index (χ3v) is 2.16. The van der Waals surface area contributed by atoms with Crippen LogP contribution in [-0.4, -0.2) is 30.9 Å². The molecule has 0 spiro atoms. The first-order valence-corrected chi connectivity index (χ1v) is 5.52. The van der Waals surface area contributed by atoms with Crippen molar-refractivity contribution in [3.63, 3.8) is 0 Å². The number of nitrogens with two attached hydrogens (primary N) is 1. The lowest BCUT2D eigenvalue weighted by molar-refractivity contribution is -0.130. The van der Waals surface area contributed by atoms with Crippen LogP contribution in [-0.2, 0) is 4.79 Å². The van der Waals surface area contributed by atoms with E-state index >= 15 is 0 Å². The van der Waals surface area contributed by atoms with Gasteiger partial charge in [0.15, 0.2) is 0 Å². The van der Waals surface area contributed by atoms with Crippen LogP contribution in [0.2, 0.25) is 0 Å². The molecule has 0 aromatic rings. The van der Waals surface area contributed by atoms with Gasteiger partial charge in [-0.15, -0.1) is 0 Å². The summed E-state index contributed by atoms with van der Waals surface area (Å²) in [4.78, 5) is 13.4. The van der Waals surface area contributed by atoms with Crippen LogP contribution < -0.4 is 5.73 Å². The van der Waals surface area contributed by atoms with E-state index in [9.17, 15) is 4.79 Å². The van der Waals surface area contributed by atoms with Gasteiger partial charge < -0.3 is 10.6 Å². The van der Waals surface area contributed by atoms with Crippen molar-refractivity contribution in [1.29, 1.82) is 0 Å². The standard InChI is InChI=1S/C11H24N2O/c1-10(2)9-13(3)11(14)7-5-4-6-8-12/h10H,4-9,12H2,1-3H3. The maximum absolute atomic E-state index is 11.5. The highest BCUT2D eigenvalue weighted by atomic mass is 16.2. The first kappa shape index (κ1) is 13.4. The van der Waals surface area contributed by atoms with Crippen LogP contribution in [0.4, 0.5) is 0 Å². The quantitative estimate of drug-likeness (QED) is 0.635. The first-order chi connectivity index (χ1) is 6.57. The summed E-state index contributed by atoms with van der Waals surface area (Å²) in [5.41, 5.74) is 5.38. The van der Waals surface area contributed by atoms with Crippen molar-refractivity contribution in [3.05, 3.63) is 0 Å². The van der Waals surface area contributed by atoms with Crippen molar-refractivity contribution in [3.8, 4) is 0 Å². The van der Waals surface area contributed by atoms with E-state index in [0.29, 0.717) is 12.3 Å². The van der Waals surface area contributed by atoms with Crippen molar-refractivity contribution >= 4 is 5.91 Å². The van der Waals surface area contributed by atoms with Crippen LogP contribution in [0.3, 0.4) is 0 Å². The summed E-state index contributed by atoms with van der Waals surface area (Å²) in [6.45, 7) is 5.84. The van der Waals surface area contributed by atoms with Crippen LogP contribution in [0, 0.1) is 5.92 Å². The number of rotatable bonds is 7. The molecule has 0 aliphatic heterocycles. The Bertz CT molecular complexity index is 157. The van der Waals surface area contributed by atoms with Gasteiger partial charge in [-0.25, -0.2) is 0 Å². The molecule has 0 aromatic heterocycles. The summed E-state index contributed by atoms with van der Waals surface area (Å²) in [6, 6.07) is 0. The Morgan fingerprint density at radius 3 is 2.43 bits per heavy atom. The minimum absolute atomic E-state index is 0.260. The fourth-order valence-electron chi connectivity index (χ4n) is 1.44. The van der Waals surface area contributed by atoms with Crippen molar-refractivity contribution in [2.24, 2.45) is 11.7 Å². The maximum Gasteiger partial charge on any atom is 0.222 e. The highest BCUT2D eigenvalue weighted by molar-refractivity contribution is 5.75. The van der Waals surface area contributed by atoms with E-state index in [0.717, 1.165) is 32.4 Å². The number of hydrogen-bond donors (Lipinski definition) is 1. The normalized spacial score (nSPS) is 10.6. The molecule has 0 aliphatic rings. The Kier molecular flexibility index (Phi) is 7.48. The first-order valence-electron chi connectivity index (χ1n) is 5.52. The molecule has 0 saturated heterocycles. The van der Waals surface area contributed by atoms with Gasteiger partial charge >= 0.3 is 0 Å². The largest absolute Gasteiger partial charge is 0.346 e. The van der Waals surface area contributed by atoms with Crippen molar-refractivity contribution in [1.82, 2.24) is 4.90 Å². The van der Waals surface area contributed by atoms with Gasteiger partial charge in [0, 0.05) is 20.0 Å². The van der Waals surface area contributed by atoms with E-state index in [4.69, 9.17) is 5.73 Å². The molecule has 1 amide bonds. The molecule has 0 saturated carbocycles. The molecule has 0 bridgehead atoms. The summed E-state index contributed by atoms with van der Waals surface area (Å²) >= 11 is 0. The van der Waals surface area contributed by atoms with Crippen LogP contribution in [0.15, 0.2) is 0 Å². The third-order valence-electron chi connectivity index (χ3n) is 2.16. The fraction of sp³-hybridized carbons (Fsp3) is 0.909. The molecule has 0 atom stereocenters. The lowest BCUT2D eigenvalue weighted by atomic mass is 10.1. The number of carbonyl (C=O) groups is 1. The molecule has 3 heteroatoms. The van der Waals surface area contributed by atoms with E-state index in [1.54, 1.807) is 0 Å². The Balaban J connectivity index is 3.52.